The van der Waals surface area contributed by atoms with Gasteiger partial charge in [-0.3, -0.25) is 0 Å². The van der Waals surface area contributed by atoms with Gasteiger partial charge in [-0.1, -0.05) is 41.5 Å². The Morgan fingerprint density at radius 2 is 1.88 bits per heavy atom. The summed E-state index contributed by atoms with van der Waals surface area (Å²) in [4.78, 5) is 3.00. The summed E-state index contributed by atoms with van der Waals surface area (Å²) in [5.41, 5.74) is 10.1. The smallest absolute Gasteiger partial charge is 0.211 e. The van der Waals surface area contributed by atoms with Gasteiger partial charge in [0.15, 0.2) is 6.29 Å². The molecule has 9 heteroatoms. The number of ether oxygens (including phenoxy) is 6. The molecule has 0 spiro atoms. The van der Waals surface area contributed by atoms with E-state index in [1.54, 1.807) is 37.5 Å². The van der Waals surface area contributed by atoms with Gasteiger partial charge in [0.05, 0.1) is 20.3 Å². The molecule has 0 amide bonds. The molecule has 2 aromatic carbocycles. The van der Waals surface area contributed by atoms with Crippen molar-refractivity contribution >= 4 is 0 Å². The van der Waals surface area contributed by atoms with E-state index in [1.807, 2.05) is 30.3 Å². The van der Waals surface area contributed by atoms with Crippen LogP contribution in [0.2, 0.25) is 0 Å². The van der Waals surface area contributed by atoms with E-state index in [9.17, 15) is 5.53 Å². The van der Waals surface area contributed by atoms with E-state index in [2.05, 4.69) is 16.6 Å². The van der Waals surface area contributed by atoms with Gasteiger partial charge >= 0.3 is 0 Å². The second-order valence-electron chi connectivity index (χ2n) is 7.30. The molecule has 9 nitrogen and oxygen atoms in total. The maximum absolute atomic E-state index is 9.23. The summed E-state index contributed by atoms with van der Waals surface area (Å²) < 4.78 is 35.5. The molecule has 2 fully saturated rings. The summed E-state index contributed by atoms with van der Waals surface area (Å²) in [7, 11) is 1.59. The Kier molecular flexibility index (Phi) is 7.26. The van der Waals surface area contributed by atoms with Crippen molar-refractivity contribution in [2.45, 2.75) is 36.9 Å². The van der Waals surface area contributed by atoms with E-state index >= 15 is 0 Å². The monoisotopic (exact) mass is 439 g/mol. The maximum atomic E-state index is 9.23. The zero-order chi connectivity index (χ0) is 22.3. The SMILES string of the molecule is C=CCO[C@@H]1[C@@H](N=[N+]=[N-])[C@H](Oc2ccc(OC)cc2)O[C@@H]2COC(c3ccccc3)O[C@H]12. The lowest BCUT2D eigenvalue weighted by Crippen LogP contribution is -2.63. The Bertz CT molecular complexity index is 935. The third kappa shape index (κ3) is 4.88. The van der Waals surface area contributed by atoms with Crippen molar-refractivity contribution in [2.75, 3.05) is 20.3 Å². The van der Waals surface area contributed by atoms with Gasteiger partial charge in [-0.15, -0.1) is 6.58 Å². The molecule has 0 N–H and O–H groups in total. The maximum Gasteiger partial charge on any atom is 0.211 e. The Morgan fingerprint density at radius 1 is 1.12 bits per heavy atom. The van der Waals surface area contributed by atoms with Crippen LogP contribution in [0.3, 0.4) is 0 Å². The summed E-state index contributed by atoms with van der Waals surface area (Å²) in [5.74, 6) is 1.23. The fraction of sp³-hybridized carbons (Fsp3) is 0.391. The second kappa shape index (κ2) is 10.5. The second-order valence-corrected chi connectivity index (χ2v) is 7.30. The van der Waals surface area contributed by atoms with E-state index in [4.69, 9.17) is 28.4 Å². The molecule has 0 bridgehead atoms. The third-order valence-corrected chi connectivity index (χ3v) is 5.28. The first-order chi connectivity index (χ1) is 15.7. The quantitative estimate of drug-likeness (QED) is 0.265. The minimum absolute atomic E-state index is 0.251. The summed E-state index contributed by atoms with van der Waals surface area (Å²) in [5, 5.41) is 3.94. The number of benzene rings is 2. The van der Waals surface area contributed by atoms with Crippen LogP contribution < -0.4 is 9.47 Å². The predicted molar refractivity (Wildman–Crippen MR) is 115 cm³/mol. The van der Waals surface area contributed by atoms with Crippen LogP contribution in [0.5, 0.6) is 11.5 Å². The molecule has 168 valence electrons. The van der Waals surface area contributed by atoms with Gasteiger partial charge in [0.25, 0.3) is 0 Å². The number of fused-ring (bicyclic) bond motifs is 1. The molecule has 0 radical (unpaired) electrons. The van der Waals surface area contributed by atoms with Gasteiger partial charge in [0.2, 0.25) is 6.29 Å². The molecule has 2 aliphatic heterocycles. The fourth-order valence-corrected chi connectivity index (χ4v) is 3.78. The van der Waals surface area contributed by atoms with Crippen molar-refractivity contribution in [3.63, 3.8) is 0 Å². The molecule has 6 atom stereocenters. The number of azide groups is 1. The van der Waals surface area contributed by atoms with E-state index in [1.165, 1.54) is 0 Å². The zero-order valence-corrected chi connectivity index (χ0v) is 17.7. The Labute approximate surface area is 186 Å². The van der Waals surface area contributed by atoms with Gasteiger partial charge in [-0.2, -0.15) is 0 Å². The van der Waals surface area contributed by atoms with Crippen molar-refractivity contribution in [2.24, 2.45) is 5.11 Å². The Balaban J connectivity index is 1.58. The number of rotatable bonds is 8. The normalized spacial score (nSPS) is 29.3. The van der Waals surface area contributed by atoms with E-state index in [0.717, 1.165) is 5.56 Å². The highest BCUT2D eigenvalue weighted by Crippen LogP contribution is 2.37. The fourth-order valence-electron chi connectivity index (χ4n) is 3.78. The molecule has 2 aromatic rings. The van der Waals surface area contributed by atoms with Crippen LogP contribution in [0.1, 0.15) is 11.9 Å². The lowest BCUT2D eigenvalue weighted by Gasteiger charge is -2.47. The number of nitrogens with zero attached hydrogens (tertiary/aromatic N) is 3. The van der Waals surface area contributed by atoms with Gasteiger partial charge in [-0.05, 0) is 29.8 Å². The van der Waals surface area contributed by atoms with Crippen LogP contribution >= 0.6 is 0 Å². The first-order valence-electron chi connectivity index (χ1n) is 10.3. The molecule has 4 rings (SSSR count). The standard InChI is InChI=1S/C23H25N3O6/c1-3-13-28-21-19(25-26-24)23(30-17-11-9-16(27-2)10-12-17)31-18-14-29-22(32-20(18)21)15-7-5-4-6-8-15/h3-12,18-23H,1,13-14H2,2H3/t18-,19-,20+,21-,22?,23-/m1/s1. The molecule has 0 saturated carbocycles. The van der Waals surface area contributed by atoms with Gasteiger partial charge in [0.1, 0.15) is 35.9 Å². The number of hydrogen-bond donors (Lipinski definition) is 0. The highest BCUT2D eigenvalue weighted by atomic mass is 16.8. The van der Waals surface area contributed by atoms with Crippen molar-refractivity contribution in [3.05, 3.63) is 83.3 Å². The molecule has 0 aliphatic carbocycles. The third-order valence-electron chi connectivity index (χ3n) is 5.28. The van der Waals surface area contributed by atoms with Crippen LogP contribution in [-0.2, 0) is 18.9 Å². The summed E-state index contributed by atoms with van der Waals surface area (Å²) in [6, 6.07) is 15.9. The Morgan fingerprint density at radius 3 is 2.56 bits per heavy atom. The molecule has 2 aliphatic rings. The van der Waals surface area contributed by atoms with Crippen LogP contribution in [0, 0.1) is 0 Å². The molecular formula is C23H25N3O6. The molecule has 2 saturated heterocycles. The highest BCUT2D eigenvalue weighted by molar-refractivity contribution is 5.31. The highest BCUT2D eigenvalue weighted by Gasteiger charge is 2.51. The minimum Gasteiger partial charge on any atom is -0.497 e. The molecular weight excluding hydrogens is 414 g/mol. The largest absolute Gasteiger partial charge is 0.497 e. The minimum atomic E-state index is -0.893. The first-order valence-corrected chi connectivity index (χ1v) is 10.3. The van der Waals surface area contributed by atoms with E-state index in [0.29, 0.717) is 11.5 Å². The molecule has 0 aromatic heterocycles. The van der Waals surface area contributed by atoms with Crippen LogP contribution in [0.4, 0.5) is 0 Å². The number of methoxy groups -OCH3 is 1. The summed E-state index contributed by atoms with van der Waals surface area (Å²) in [6.07, 6.45) is -1.47. The average Bonchev–Trinajstić information content (AvgIpc) is 2.84. The van der Waals surface area contributed by atoms with Gasteiger partial charge in [0, 0.05) is 10.5 Å². The van der Waals surface area contributed by atoms with Crippen molar-refractivity contribution in [3.8, 4) is 11.5 Å². The van der Waals surface area contributed by atoms with Crippen LogP contribution in [-0.4, -0.2) is 51.0 Å². The lowest BCUT2D eigenvalue weighted by atomic mass is 9.96. The van der Waals surface area contributed by atoms with Crippen molar-refractivity contribution < 1.29 is 28.4 Å². The number of hydrogen-bond acceptors (Lipinski definition) is 7. The molecule has 1 unspecified atom stereocenters. The van der Waals surface area contributed by atoms with Crippen LogP contribution in [0.25, 0.3) is 10.4 Å². The van der Waals surface area contributed by atoms with Crippen LogP contribution in [0.15, 0.2) is 72.4 Å². The van der Waals surface area contributed by atoms with Gasteiger partial charge < -0.3 is 28.4 Å². The average molecular weight is 439 g/mol. The van der Waals surface area contributed by atoms with E-state index < -0.39 is 36.9 Å². The van der Waals surface area contributed by atoms with Crippen molar-refractivity contribution in [1.29, 1.82) is 0 Å². The van der Waals surface area contributed by atoms with E-state index in [-0.39, 0.29) is 13.2 Å². The molecule has 32 heavy (non-hydrogen) atoms. The van der Waals surface area contributed by atoms with Gasteiger partial charge in [-0.25, -0.2) is 0 Å². The topological polar surface area (TPSA) is 104 Å². The first kappa shape index (κ1) is 22.1. The zero-order valence-electron chi connectivity index (χ0n) is 17.7. The summed E-state index contributed by atoms with van der Waals surface area (Å²) in [6.45, 7) is 4.24. The lowest BCUT2D eigenvalue weighted by molar-refractivity contribution is -0.335. The summed E-state index contributed by atoms with van der Waals surface area (Å²) >= 11 is 0. The molecule has 2 heterocycles. The predicted octanol–water partition coefficient (Wildman–Crippen LogP) is 4.16. The Hall–Kier alpha value is -3.07. The van der Waals surface area contributed by atoms with Crippen molar-refractivity contribution in [1.82, 2.24) is 0 Å².